The molecule has 4 nitrogen and oxygen atoms in total. The largest absolute Gasteiger partial charge is 0.497 e. The first-order valence-corrected chi connectivity index (χ1v) is 5.96. The quantitative estimate of drug-likeness (QED) is 0.790. The summed E-state index contributed by atoms with van der Waals surface area (Å²) in [5.41, 5.74) is 1.18. The van der Waals surface area contributed by atoms with E-state index in [1.807, 2.05) is 18.2 Å². The molecule has 0 unspecified atom stereocenters. The van der Waals surface area contributed by atoms with E-state index < -0.39 is 5.97 Å². The van der Waals surface area contributed by atoms with Crippen LogP contribution in [0.5, 0.6) is 5.75 Å². The lowest BCUT2D eigenvalue weighted by atomic mass is 10.2. The molecule has 0 aliphatic carbocycles. The van der Waals surface area contributed by atoms with E-state index >= 15 is 0 Å². The molecule has 0 spiro atoms. The molecular formula is C15H15NO3. The van der Waals surface area contributed by atoms with Crippen LogP contribution in [0.3, 0.4) is 0 Å². The molecule has 0 radical (unpaired) electrons. The first kappa shape index (κ1) is 13.1. The molecule has 0 amide bonds. The van der Waals surface area contributed by atoms with Gasteiger partial charge in [0.2, 0.25) is 0 Å². The Balaban J connectivity index is 2.08. The summed E-state index contributed by atoms with van der Waals surface area (Å²) in [6, 6.07) is 12.4. The van der Waals surface area contributed by atoms with Gasteiger partial charge in [-0.3, -0.25) is 4.98 Å². The van der Waals surface area contributed by atoms with Crippen LogP contribution in [0.25, 0.3) is 0 Å². The highest BCUT2D eigenvalue weighted by Gasteiger charge is 2.14. The Labute approximate surface area is 112 Å². The highest BCUT2D eigenvalue weighted by molar-refractivity contribution is 5.90. The number of rotatable bonds is 4. The molecule has 0 aliphatic rings. The van der Waals surface area contributed by atoms with Gasteiger partial charge < -0.3 is 9.47 Å². The fraction of sp³-hybridized carbons (Fsp3) is 0.200. The summed E-state index contributed by atoms with van der Waals surface area (Å²) < 4.78 is 10.4. The molecule has 0 saturated heterocycles. The zero-order valence-electron chi connectivity index (χ0n) is 10.9. The van der Waals surface area contributed by atoms with Crippen molar-refractivity contribution in [1.82, 2.24) is 4.98 Å². The molecule has 0 saturated carbocycles. The third kappa shape index (κ3) is 3.31. The topological polar surface area (TPSA) is 48.4 Å². The van der Waals surface area contributed by atoms with Crippen molar-refractivity contribution in [1.29, 1.82) is 0 Å². The SMILES string of the molecule is COc1cccc(C(=O)O[C@H](C)c2ccccn2)c1. The molecule has 19 heavy (non-hydrogen) atoms. The predicted octanol–water partition coefficient (Wildman–Crippen LogP) is 3.01. The number of nitrogens with zero attached hydrogens (tertiary/aromatic N) is 1. The van der Waals surface area contributed by atoms with Crippen LogP contribution < -0.4 is 4.74 Å². The summed E-state index contributed by atoms with van der Waals surface area (Å²) >= 11 is 0. The minimum Gasteiger partial charge on any atom is -0.497 e. The smallest absolute Gasteiger partial charge is 0.338 e. The molecule has 4 heteroatoms. The maximum Gasteiger partial charge on any atom is 0.338 e. The van der Waals surface area contributed by atoms with Crippen LogP contribution in [-0.2, 0) is 4.74 Å². The van der Waals surface area contributed by atoms with Gasteiger partial charge in [-0.2, -0.15) is 0 Å². The highest BCUT2D eigenvalue weighted by Crippen LogP contribution is 2.18. The van der Waals surface area contributed by atoms with Gasteiger partial charge in [0.25, 0.3) is 0 Å². The number of benzene rings is 1. The Bertz CT molecular complexity index is 554. The normalized spacial score (nSPS) is 11.7. The van der Waals surface area contributed by atoms with Crippen molar-refractivity contribution >= 4 is 5.97 Å². The third-order valence-electron chi connectivity index (χ3n) is 2.69. The van der Waals surface area contributed by atoms with E-state index in [0.717, 1.165) is 5.69 Å². The van der Waals surface area contributed by atoms with E-state index in [2.05, 4.69) is 4.98 Å². The monoisotopic (exact) mass is 257 g/mol. The van der Waals surface area contributed by atoms with Crippen LogP contribution in [0.15, 0.2) is 48.7 Å². The summed E-state index contributed by atoms with van der Waals surface area (Å²) in [6.07, 6.45) is 1.28. The van der Waals surface area contributed by atoms with Crippen LogP contribution in [0.1, 0.15) is 29.1 Å². The molecule has 1 aromatic carbocycles. The zero-order valence-corrected chi connectivity index (χ0v) is 10.9. The third-order valence-corrected chi connectivity index (χ3v) is 2.69. The average molecular weight is 257 g/mol. The van der Waals surface area contributed by atoms with E-state index in [1.54, 1.807) is 44.5 Å². The average Bonchev–Trinajstić information content (AvgIpc) is 2.48. The minimum absolute atomic E-state index is 0.389. The molecule has 0 N–H and O–H groups in total. The van der Waals surface area contributed by atoms with Crippen molar-refractivity contribution in [2.75, 3.05) is 7.11 Å². The van der Waals surface area contributed by atoms with Crippen molar-refractivity contribution < 1.29 is 14.3 Å². The number of aromatic nitrogens is 1. The van der Waals surface area contributed by atoms with Crippen LogP contribution in [0.2, 0.25) is 0 Å². The number of carbonyl (C=O) groups is 1. The second-order valence-corrected chi connectivity index (χ2v) is 4.03. The lowest BCUT2D eigenvalue weighted by Gasteiger charge is -2.12. The zero-order chi connectivity index (χ0) is 13.7. The number of ether oxygens (including phenoxy) is 2. The molecule has 0 aliphatic heterocycles. The fourth-order valence-electron chi connectivity index (χ4n) is 1.66. The van der Waals surface area contributed by atoms with E-state index in [-0.39, 0.29) is 6.10 Å². The van der Waals surface area contributed by atoms with E-state index in [1.165, 1.54) is 0 Å². The predicted molar refractivity (Wildman–Crippen MR) is 71.1 cm³/mol. The van der Waals surface area contributed by atoms with Gasteiger partial charge in [-0.15, -0.1) is 0 Å². The molecule has 1 atom stereocenters. The Morgan fingerprint density at radius 2 is 2.05 bits per heavy atom. The van der Waals surface area contributed by atoms with Gasteiger partial charge in [0.1, 0.15) is 11.9 Å². The van der Waals surface area contributed by atoms with E-state index in [0.29, 0.717) is 11.3 Å². The Morgan fingerprint density at radius 1 is 1.21 bits per heavy atom. The number of esters is 1. The number of hydrogen-bond donors (Lipinski definition) is 0. The Kier molecular flexibility index (Phi) is 4.13. The molecule has 0 fully saturated rings. The maximum atomic E-state index is 12.0. The van der Waals surface area contributed by atoms with Gasteiger partial charge in [-0.25, -0.2) is 4.79 Å². The Hall–Kier alpha value is -2.36. The lowest BCUT2D eigenvalue weighted by Crippen LogP contribution is -2.10. The van der Waals surface area contributed by atoms with Gasteiger partial charge >= 0.3 is 5.97 Å². The van der Waals surface area contributed by atoms with Crippen LogP contribution >= 0.6 is 0 Å². The Morgan fingerprint density at radius 3 is 2.74 bits per heavy atom. The molecule has 2 rings (SSSR count). The summed E-state index contributed by atoms with van der Waals surface area (Å²) in [6.45, 7) is 1.79. The second kappa shape index (κ2) is 6.00. The standard InChI is InChI=1S/C15H15NO3/c1-11(14-8-3-4-9-16-14)19-15(17)12-6-5-7-13(10-12)18-2/h3-11H,1-2H3/t11-/m1/s1. The van der Waals surface area contributed by atoms with Gasteiger partial charge in [0.05, 0.1) is 18.4 Å². The highest BCUT2D eigenvalue weighted by atomic mass is 16.5. The molecular weight excluding hydrogens is 242 g/mol. The first-order valence-electron chi connectivity index (χ1n) is 5.96. The minimum atomic E-state index is -0.392. The summed E-state index contributed by atoms with van der Waals surface area (Å²) in [4.78, 5) is 16.1. The van der Waals surface area contributed by atoms with E-state index in [9.17, 15) is 4.79 Å². The number of methoxy groups -OCH3 is 1. The molecule has 2 aromatic rings. The van der Waals surface area contributed by atoms with Gasteiger partial charge in [0, 0.05) is 6.20 Å². The molecule has 0 bridgehead atoms. The van der Waals surface area contributed by atoms with Gasteiger partial charge in [-0.05, 0) is 37.3 Å². The summed E-state index contributed by atoms with van der Waals surface area (Å²) in [5.74, 6) is 0.233. The second-order valence-electron chi connectivity index (χ2n) is 4.03. The van der Waals surface area contributed by atoms with Crippen molar-refractivity contribution in [3.8, 4) is 5.75 Å². The first-order chi connectivity index (χ1) is 9.20. The van der Waals surface area contributed by atoms with Crippen molar-refractivity contribution in [3.05, 3.63) is 59.9 Å². The molecule has 1 aromatic heterocycles. The van der Waals surface area contributed by atoms with E-state index in [4.69, 9.17) is 9.47 Å². The number of hydrogen-bond acceptors (Lipinski definition) is 4. The lowest BCUT2D eigenvalue weighted by molar-refractivity contribution is 0.0329. The van der Waals surface area contributed by atoms with Gasteiger partial charge in [-0.1, -0.05) is 12.1 Å². The van der Waals surface area contributed by atoms with Crippen molar-refractivity contribution in [3.63, 3.8) is 0 Å². The molecule has 98 valence electrons. The summed E-state index contributed by atoms with van der Waals surface area (Å²) in [7, 11) is 1.56. The fourth-order valence-corrected chi connectivity index (χ4v) is 1.66. The molecule has 1 heterocycles. The van der Waals surface area contributed by atoms with Crippen LogP contribution in [0.4, 0.5) is 0 Å². The van der Waals surface area contributed by atoms with Crippen molar-refractivity contribution in [2.24, 2.45) is 0 Å². The van der Waals surface area contributed by atoms with Crippen molar-refractivity contribution in [2.45, 2.75) is 13.0 Å². The number of carbonyl (C=O) groups excluding carboxylic acids is 1. The maximum absolute atomic E-state index is 12.0. The van der Waals surface area contributed by atoms with Crippen LogP contribution in [-0.4, -0.2) is 18.1 Å². The number of pyridine rings is 1. The summed E-state index contributed by atoms with van der Waals surface area (Å²) in [5, 5.41) is 0. The van der Waals surface area contributed by atoms with Crippen LogP contribution in [0, 0.1) is 0 Å². The van der Waals surface area contributed by atoms with Gasteiger partial charge in [0.15, 0.2) is 0 Å².